The van der Waals surface area contributed by atoms with E-state index in [1.165, 1.54) is 0 Å². The van der Waals surface area contributed by atoms with Crippen LogP contribution in [0, 0.1) is 0 Å². The zero-order valence-electron chi connectivity index (χ0n) is 19.3. The minimum Gasteiger partial charge on any atom is -0.497 e. The number of benzene rings is 1. The first kappa shape index (κ1) is 23.1. The van der Waals surface area contributed by atoms with Gasteiger partial charge in [-0.2, -0.15) is 9.61 Å². The number of likely N-dealkylation sites (tertiary alicyclic amines) is 1. The van der Waals surface area contributed by atoms with Crippen LogP contribution in [0.25, 0.3) is 5.65 Å². The van der Waals surface area contributed by atoms with Gasteiger partial charge in [-0.25, -0.2) is 9.78 Å². The van der Waals surface area contributed by atoms with E-state index in [0.717, 1.165) is 45.7 Å². The molecule has 2 amide bonds. The van der Waals surface area contributed by atoms with Gasteiger partial charge in [-0.05, 0) is 52.5 Å². The summed E-state index contributed by atoms with van der Waals surface area (Å²) in [6, 6.07) is 13.3. The summed E-state index contributed by atoms with van der Waals surface area (Å²) in [4.78, 5) is 23.7. The molecule has 4 heterocycles. The predicted octanol–water partition coefficient (Wildman–Crippen LogP) is 4.92. The highest BCUT2D eigenvalue weighted by atomic mass is 79.9. The lowest BCUT2D eigenvalue weighted by molar-refractivity contribution is 0.194. The van der Waals surface area contributed by atoms with Crippen molar-refractivity contribution in [3.05, 3.63) is 76.8 Å². The van der Waals surface area contributed by atoms with Gasteiger partial charge in [0.05, 0.1) is 17.8 Å². The average Bonchev–Trinajstić information content (AvgIpc) is 3.28. The lowest BCUT2D eigenvalue weighted by atomic mass is 9.93. The molecule has 0 unspecified atom stereocenters. The number of urea groups is 1. The van der Waals surface area contributed by atoms with Gasteiger partial charge in [0.15, 0.2) is 5.65 Å². The Morgan fingerprint density at radius 3 is 2.80 bits per heavy atom. The van der Waals surface area contributed by atoms with Crippen molar-refractivity contribution in [3.63, 3.8) is 0 Å². The summed E-state index contributed by atoms with van der Waals surface area (Å²) >= 11 is 3.57. The van der Waals surface area contributed by atoms with Crippen LogP contribution < -0.4 is 15.4 Å². The van der Waals surface area contributed by atoms with Crippen LogP contribution in [0.3, 0.4) is 0 Å². The molecule has 3 aromatic heterocycles. The van der Waals surface area contributed by atoms with E-state index in [2.05, 4.69) is 42.7 Å². The predicted molar refractivity (Wildman–Crippen MR) is 138 cm³/mol. The molecule has 0 radical (unpaired) electrons. The summed E-state index contributed by atoms with van der Waals surface area (Å²) in [7, 11) is 1.61. The van der Waals surface area contributed by atoms with Crippen molar-refractivity contribution in [1.82, 2.24) is 24.5 Å². The molecule has 180 valence electrons. The van der Waals surface area contributed by atoms with Crippen molar-refractivity contribution in [2.45, 2.75) is 25.3 Å². The second-order valence-corrected chi connectivity index (χ2v) is 9.29. The smallest absolute Gasteiger partial charge is 0.321 e. The fourth-order valence-corrected chi connectivity index (χ4v) is 4.62. The molecular formula is C25H26BrN7O2. The Bertz CT molecular complexity index is 1320. The van der Waals surface area contributed by atoms with E-state index in [4.69, 9.17) is 9.72 Å². The number of nitrogens with one attached hydrogen (secondary N) is 2. The maximum absolute atomic E-state index is 12.8. The van der Waals surface area contributed by atoms with Crippen LogP contribution >= 0.6 is 15.9 Å². The van der Waals surface area contributed by atoms with Crippen LogP contribution in [0.4, 0.5) is 16.3 Å². The van der Waals surface area contributed by atoms with Crippen LogP contribution in [0.5, 0.6) is 5.75 Å². The molecule has 4 aromatic rings. The Hall–Kier alpha value is -3.66. The Kier molecular flexibility index (Phi) is 6.80. The number of fused-ring (bicyclic) bond motifs is 1. The van der Waals surface area contributed by atoms with Crippen molar-refractivity contribution >= 4 is 39.1 Å². The highest BCUT2D eigenvalue weighted by Gasteiger charge is 2.26. The fraction of sp³-hybridized carbons (Fsp3) is 0.280. The topological polar surface area (TPSA) is 96.7 Å². The molecule has 1 aliphatic heterocycles. The van der Waals surface area contributed by atoms with Crippen molar-refractivity contribution in [3.8, 4) is 5.75 Å². The minimum atomic E-state index is -0.0996. The Balaban J connectivity index is 1.27. The van der Waals surface area contributed by atoms with E-state index in [-0.39, 0.29) is 11.9 Å². The number of nitrogens with zero attached hydrogens (tertiary/aromatic N) is 5. The molecule has 0 aliphatic carbocycles. The van der Waals surface area contributed by atoms with Gasteiger partial charge >= 0.3 is 6.03 Å². The van der Waals surface area contributed by atoms with E-state index >= 15 is 0 Å². The Labute approximate surface area is 211 Å². The quantitative estimate of drug-likeness (QED) is 0.363. The maximum atomic E-state index is 12.8. The SMILES string of the molecule is COc1cccc(NC(=O)N2CCC(c3cc(NCc4cccnc4)n4ncc(Br)c4n3)CC2)c1. The van der Waals surface area contributed by atoms with Gasteiger partial charge in [0.1, 0.15) is 11.6 Å². The van der Waals surface area contributed by atoms with Crippen molar-refractivity contribution in [2.24, 2.45) is 0 Å². The lowest BCUT2D eigenvalue weighted by Crippen LogP contribution is -2.40. The lowest BCUT2D eigenvalue weighted by Gasteiger charge is -2.32. The van der Waals surface area contributed by atoms with Gasteiger partial charge in [0.2, 0.25) is 0 Å². The number of halogens is 1. The van der Waals surface area contributed by atoms with Crippen molar-refractivity contribution in [2.75, 3.05) is 30.8 Å². The van der Waals surface area contributed by atoms with Gasteiger partial charge in [-0.1, -0.05) is 12.1 Å². The van der Waals surface area contributed by atoms with Crippen LogP contribution in [0.2, 0.25) is 0 Å². The van der Waals surface area contributed by atoms with E-state index in [9.17, 15) is 4.79 Å². The average molecular weight is 536 g/mol. The van der Waals surface area contributed by atoms with Crippen LogP contribution in [-0.2, 0) is 6.54 Å². The maximum Gasteiger partial charge on any atom is 0.321 e. The molecule has 2 N–H and O–H groups in total. The number of amides is 2. The molecular weight excluding hydrogens is 510 g/mol. The van der Waals surface area contributed by atoms with Gasteiger partial charge < -0.3 is 20.3 Å². The third-order valence-corrected chi connectivity index (χ3v) is 6.73. The normalized spacial score (nSPS) is 14.2. The van der Waals surface area contributed by atoms with E-state index in [1.807, 2.05) is 47.5 Å². The first-order valence-corrected chi connectivity index (χ1v) is 12.3. The van der Waals surface area contributed by atoms with E-state index < -0.39 is 0 Å². The summed E-state index contributed by atoms with van der Waals surface area (Å²) in [5.41, 5.74) is 3.58. The summed E-state index contributed by atoms with van der Waals surface area (Å²) < 4.78 is 7.89. The number of hydrogen-bond donors (Lipinski definition) is 2. The van der Waals surface area contributed by atoms with E-state index in [1.54, 1.807) is 24.0 Å². The molecule has 10 heteroatoms. The minimum absolute atomic E-state index is 0.0996. The van der Waals surface area contributed by atoms with Crippen LogP contribution in [-0.4, -0.2) is 50.7 Å². The first-order valence-electron chi connectivity index (χ1n) is 11.5. The molecule has 0 bridgehead atoms. The third kappa shape index (κ3) is 5.22. The molecule has 1 aliphatic rings. The summed E-state index contributed by atoms with van der Waals surface area (Å²) in [5.74, 6) is 1.83. The van der Waals surface area contributed by atoms with Crippen molar-refractivity contribution < 1.29 is 9.53 Å². The number of methoxy groups -OCH3 is 1. The fourth-order valence-electron chi connectivity index (χ4n) is 4.27. The number of pyridine rings is 1. The van der Waals surface area contributed by atoms with E-state index in [0.29, 0.717) is 25.4 Å². The van der Waals surface area contributed by atoms with Gasteiger partial charge in [0.25, 0.3) is 0 Å². The highest BCUT2D eigenvalue weighted by molar-refractivity contribution is 9.10. The van der Waals surface area contributed by atoms with Gasteiger partial charge in [-0.3, -0.25) is 4.98 Å². The summed E-state index contributed by atoms with van der Waals surface area (Å²) in [6.45, 7) is 1.95. The summed E-state index contributed by atoms with van der Waals surface area (Å²) in [5, 5.41) is 10.9. The molecule has 1 fully saturated rings. The van der Waals surface area contributed by atoms with Crippen molar-refractivity contribution in [1.29, 1.82) is 0 Å². The number of carbonyl (C=O) groups excluding carboxylic acids is 1. The number of carbonyl (C=O) groups is 1. The van der Waals surface area contributed by atoms with Crippen LogP contribution in [0.1, 0.15) is 30.0 Å². The highest BCUT2D eigenvalue weighted by Crippen LogP contribution is 2.31. The second-order valence-electron chi connectivity index (χ2n) is 8.43. The first-order chi connectivity index (χ1) is 17.1. The number of hydrogen-bond acceptors (Lipinski definition) is 6. The molecule has 0 atom stereocenters. The largest absolute Gasteiger partial charge is 0.497 e. The number of anilines is 2. The molecule has 9 nitrogen and oxygen atoms in total. The third-order valence-electron chi connectivity index (χ3n) is 6.17. The van der Waals surface area contributed by atoms with Crippen LogP contribution in [0.15, 0.2) is 65.5 Å². The molecule has 5 rings (SSSR count). The molecule has 0 spiro atoms. The Morgan fingerprint density at radius 2 is 2.03 bits per heavy atom. The Morgan fingerprint density at radius 1 is 1.17 bits per heavy atom. The number of aromatic nitrogens is 4. The molecule has 35 heavy (non-hydrogen) atoms. The number of piperidine rings is 1. The summed E-state index contributed by atoms with van der Waals surface area (Å²) in [6.07, 6.45) is 7.04. The second kappa shape index (κ2) is 10.3. The molecule has 0 saturated carbocycles. The molecule has 1 aromatic carbocycles. The van der Waals surface area contributed by atoms with Gasteiger partial charge in [0, 0.05) is 61.5 Å². The number of ether oxygens (including phenoxy) is 1. The number of rotatable bonds is 6. The van der Waals surface area contributed by atoms with Gasteiger partial charge in [-0.15, -0.1) is 0 Å². The zero-order chi connectivity index (χ0) is 24.2. The standard InChI is InChI=1S/C25H26BrN7O2/c1-35-20-6-2-5-19(12-20)30-25(34)32-10-7-18(8-11-32)22-13-23(28-15-17-4-3-9-27-14-17)33-24(31-22)21(26)16-29-33/h2-6,9,12-14,16,18,28H,7-8,10-11,15H2,1H3,(H,30,34). The molecule has 1 saturated heterocycles. The monoisotopic (exact) mass is 535 g/mol. The zero-order valence-corrected chi connectivity index (χ0v) is 20.9.